The molecule has 0 aliphatic heterocycles. The molecule has 1 N–H and O–H groups in total. The molecule has 0 aliphatic carbocycles. The van der Waals surface area contributed by atoms with Gasteiger partial charge in [-0.2, -0.15) is 0 Å². The van der Waals surface area contributed by atoms with Gasteiger partial charge in [-0.1, -0.05) is 12.1 Å². The first-order valence-corrected chi connectivity index (χ1v) is 7.84. The summed E-state index contributed by atoms with van der Waals surface area (Å²) in [6.07, 6.45) is 0.980. The maximum Gasteiger partial charge on any atom is 0.250 e. The van der Waals surface area contributed by atoms with Crippen LogP contribution in [-0.4, -0.2) is 21.5 Å². The van der Waals surface area contributed by atoms with Gasteiger partial charge in [0.15, 0.2) is 0 Å². The zero-order valence-corrected chi connectivity index (χ0v) is 13.9. The van der Waals surface area contributed by atoms with E-state index in [0.717, 1.165) is 17.1 Å². The van der Waals surface area contributed by atoms with Crippen LogP contribution in [0.2, 0.25) is 0 Å². The number of aryl methyl sites for hydroxylation is 2. The summed E-state index contributed by atoms with van der Waals surface area (Å²) in [6, 6.07) is 11.0. The Bertz CT molecular complexity index is 737. The van der Waals surface area contributed by atoms with Crippen LogP contribution < -0.4 is 10.9 Å². The molecule has 5 heteroatoms. The molecule has 0 spiro atoms. The molecule has 0 bridgehead atoms. The average molecular weight is 313 g/mol. The standard InChI is InChI=1S/C18H23N3O2/c1-13-6-4-8-16(19-13)12-14(2)20-17(22)10-11-21-15(3)7-5-9-18(21)23/h4-9,14H,10-12H2,1-3H3,(H,20,22)/t14-/m1/s1. The molecule has 2 aromatic rings. The SMILES string of the molecule is Cc1cccc(C[C@@H](C)NC(=O)CCn2c(C)cccc2=O)n1. The van der Waals surface area contributed by atoms with Crippen LogP contribution in [0.4, 0.5) is 0 Å². The number of hydrogen-bond donors (Lipinski definition) is 1. The molecule has 0 radical (unpaired) electrons. The molecule has 2 rings (SSSR count). The minimum atomic E-state index is -0.0743. The summed E-state index contributed by atoms with van der Waals surface area (Å²) in [5.74, 6) is -0.0553. The normalized spacial score (nSPS) is 12.0. The largest absolute Gasteiger partial charge is 0.353 e. The third kappa shape index (κ3) is 5.06. The van der Waals surface area contributed by atoms with Gasteiger partial charge in [-0.25, -0.2) is 0 Å². The molecule has 1 atom stereocenters. The van der Waals surface area contributed by atoms with Crippen molar-refractivity contribution in [3.05, 3.63) is 63.8 Å². The maximum absolute atomic E-state index is 12.1. The second-order valence-corrected chi connectivity index (χ2v) is 5.85. The number of carbonyl (C=O) groups excluding carboxylic acids is 1. The zero-order valence-electron chi connectivity index (χ0n) is 13.9. The van der Waals surface area contributed by atoms with E-state index < -0.39 is 0 Å². The van der Waals surface area contributed by atoms with Crippen LogP contribution >= 0.6 is 0 Å². The van der Waals surface area contributed by atoms with Crippen LogP contribution in [0.3, 0.4) is 0 Å². The van der Waals surface area contributed by atoms with E-state index in [9.17, 15) is 9.59 Å². The lowest BCUT2D eigenvalue weighted by Gasteiger charge is -2.15. The smallest absolute Gasteiger partial charge is 0.250 e. The first-order valence-electron chi connectivity index (χ1n) is 7.84. The predicted octanol–water partition coefficient (Wildman–Crippen LogP) is 2.00. The van der Waals surface area contributed by atoms with E-state index in [0.29, 0.717) is 13.0 Å². The van der Waals surface area contributed by atoms with Crippen LogP contribution in [0.25, 0.3) is 0 Å². The molecule has 23 heavy (non-hydrogen) atoms. The van der Waals surface area contributed by atoms with Gasteiger partial charge in [-0.15, -0.1) is 0 Å². The van der Waals surface area contributed by atoms with Gasteiger partial charge in [0, 0.05) is 48.6 Å². The Labute approximate surface area is 136 Å². The molecule has 0 unspecified atom stereocenters. The summed E-state index contributed by atoms with van der Waals surface area (Å²) in [6.45, 7) is 6.17. The number of hydrogen-bond acceptors (Lipinski definition) is 3. The molecular formula is C18H23N3O2. The second kappa shape index (κ2) is 7.72. The third-order valence-electron chi connectivity index (χ3n) is 3.70. The van der Waals surface area contributed by atoms with E-state index in [1.165, 1.54) is 6.07 Å². The van der Waals surface area contributed by atoms with Crippen molar-refractivity contribution in [1.29, 1.82) is 0 Å². The number of nitrogens with one attached hydrogen (secondary N) is 1. The van der Waals surface area contributed by atoms with Gasteiger partial charge < -0.3 is 9.88 Å². The monoisotopic (exact) mass is 313 g/mol. The molecule has 0 fully saturated rings. The summed E-state index contributed by atoms with van der Waals surface area (Å²) >= 11 is 0. The van der Waals surface area contributed by atoms with Gasteiger partial charge in [0.25, 0.3) is 5.56 Å². The van der Waals surface area contributed by atoms with Crippen LogP contribution in [0, 0.1) is 13.8 Å². The fraction of sp³-hybridized carbons (Fsp3) is 0.389. The Morgan fingerprint density at radius 2 is 1.96 bits per heavy atom. The molecule has 122 valence electrons. The molecule has 0 aromatic carbocycles. The number of pyridine rings is 2. The van der Waals surface area contributed by atoms with Crippen molar-refractivity contribution >= 4 is 5.91 Å². The molecule has 2 aromatic heterocycles. The molecule has 1 amide bonds. The summed E-state index contributed by atoms with van der Waals surface area (Å²) < 4.78 is 1.62. The number of aromatic nitrogens is 2. The van der Waals surface area contributed by atoms with Crippen molar-refractivity contribution in [1.82, 2.24) is 14.9 Å². The highest BCUT2D eigenvalue weighted by Gasteiger charge is 2.10. The summed E-state index contributed by atoms with van der Waals surface area (Å²) in [5.41, 5.74) is 2.73. The minimum Gasteiger partial charge on any atom is -0.353 e. The Balaban J connectivity index is 1.86. The Hall–Kier alpha value is -2.43. The van der Waals surface area contributed by atoms with Gasteiger partial charge in [0.1, 0.15) is 0 Å². The van der Waals surface area contributed by atoms with Crippen molar-refractivity contribution in [2.24, 2.45) is 0 Å². The predicted molar refractivity (Wildman–Crippen MR) is 90.3 cm³/mol. The second-order valence-electron chi connectivity index (χ2n) is 5.85. The highest BCUT2D eigenvalue weighted by Crippen LogP contribution is 2.03. The van der Waals surface area contributed by atoms with Crippen LogP contribution in [0.15, 0.2) is 41.2 Å². The van der Waals surface area contributed by atoms with Crippen molar-refractivity contribution in [2.75, 3.05) is 0 Å². The molecule has 0 saturated heterocycles. The van der Waals surface area contributed by atoms with Gasteiger partial charge in [0.2, 0.25) is 5.91 Å². The van der Waals surface area contributed by atoms with Crippen molar-refractivity contribution in [2.45, 2.75) is 46.2 Å². The minimum absolute atomic E-state index is 0.00499. The fourth-order valence-corrected chi connectivity index (χ4v) is 2.55. The van der Waals surface area contributed by atoms with E-state index >= 15 is 0 Å². The quantitative estimate of drug-likeness (QED) is 0.887. The summed E-state index contributed by atoms with van der Waals surface area (Å²) in [4.78, 5) is 28.3. The van der Waals surface area contributed by atoms with Gasteiger partial charge in [-0.05, 0) is 39.0 Å². The first kappa shape index (κ1) is 16.9. The molecular weight excluding hydrogens is 290 g/mol. The van der Waals surface area contributed by atoms with Gasteiger partial charge >= 0.3 is 0 Å². The van der Waals surface area contributed by atoms with Crippen LogP contribution in [0.1, 0.15) is 30.4 Å². The first-order chi connectivity index (χ1) is 11.0. The topological polar surface area (TPSA) is 64.0 Å². The Morgan fingerprint density at radius 3 is 2.65 bits per heavy atom. The van der Waals surface area contributed by atoms with Crippen LogP contribution in [0.5, 0.6) is 0 Å². The number of nitrogens with zero attached hydrogens (tertiary/aromatic N) is 2. The molecule has 5 nitrogen and oxygen atoms in total. The van der Waals surface area contributed by atoms with E-state index in [1.807, 2.05) is 45.0 Å². The van der Waals surface area contributed by atoms with E-state index in [4.69, 9.17) is 0 Å². The van der Waals surface area contributed by atoms with Crippen LogP contribution in [-0.2, 0) is 17.8 Å². The molecule has 2 heterocycles. The fourth-order valence-electron chi connectivity index (χ4n) is 2.55. The number of amides is 1. The highest BCUT2D eigenvalue weighted by molar-refractivity contribution is 5.76. The lowest BCUT2D eigenvalue weighted by molar-refractivity contribution is -0.121. The van der Waals surface area contributed by atoms with Gasteiger partial charge in [-0.3, -0.25) is 14.6 Å². The number of carbonyl (C=O) groups is 1. The van der Waals surface area contributed by atoms with Crippen molar-refractivity contribution in [3.63, 3.8) is 0 Å². The van der Waals surface area contributed by atoms with Crippen molar-refractivity contribution in [3.8, 4) is 0 Å². The van der Waals surface area contributed by atoms with E-state index in [-0.39, 0.29) is 23.9 Å². The summed E-state index contributed by atoms with van der Waals surface area (Å²) in [7, 11) is 0. The van der Waals surface area contributed by atoms with E-state index in [2.05, 4.69) is 10.3 Å². The molecule has 0 aliphatic rings. The lowest BCUT2D eigenvalue weighted by atomic mass is 10.1. The summed E-state index contributed by atoms with van der Waals surface area (Å²) in [5, 5.41) is 2.96. The maximum atomic E-state index is 12.1. The highest BCUT2D eigenvalue weighted by atomic mass is 16.2. The number of rotatable bonds is 6. The third-order valence-corrected chi connectivity index (χ3v) is 3.70. The van der Waals surface area contributed by atoms with Gasteiger partial charge in [0.05, 0.1) is 0 Å². The average Bonchev–Trinajstić information content (AvgIpc) is 2.46. The molecule has 0 saturated carbocycles. The lowest BCUT2D eigenvalue weighted by Crippen LogP contribution is -2.35. The van der Waals surface area contributed by atoms with Crippen molar-refractivity contribution < 1.29 is 4.79 Å². The Morgan fingerprint density at radius 1 is 1.22 bits per heavy atom. The Kier molecular flexibility index (Phi) is 5.68. The zero-order chi connectivity index (χ0) is 16.8. The van der Waals surface area contributed by atoms with E-state index in [1.54, 1.807) is 10.6 Å².